The van der Waals surface area contributed by atoms with Crippen molar-refractivity contribution >= 4 is 11.6 Å². The van der Waals surface area contributed by atoms with Crippen LogP contribution in [0.1, 0.15) is 34.3 Å². The van der Waals surface area contributed by atoms with Crippen molar-refractivity contribution in [2.75, 3.05) is 31.5 Å². The smallest absolute Gasteiger partial charge is 0.255 e. The molecule has 0 saturated carbocycles. The molecule has 0 spiro atoms. The molecule has 0 aromatic heterocycles. The predicted molar refractivity (Wildman–Crippen MR) is 165 cm³/mol. The fraction of sp³-hybridized carbons (Fsp3) is 0.286. The fourth-order valence-electron chi connectivity index (χ4n) is 5.63. The normalized spacial score (nSPS) is 18.2. The zero-order chi connectivity index (χ0) is 29.1. The topological polar surface area (TPSA) is 71.6 Å². The lowest BCUT2D eigenvalue weighted by Crippen LogP contribution is -2.20. The summed E-state index contributed by atoms with van der Waals surface area (Å²) in [6.07, 6.45) is 2.02. The average Bonchev–Trinajstić information content (AvgIpc) is 3.71. The maximum absolute atomic E-state index is 14.1. The van der Waals surface area contributed by atoms with Gasteiger partial charge in [0, 0.05) is 35.5 Å². The molecule has 0 radical (unpaired) electrons. The van der Waals surface area contributed by atoms with E-state index in [9.17, 15) is 9.18 Å². The summed E-state index contributed by atoms with van der Waals surface area (Å²) in [5, 5.41) is 9.75. The van der Waals surface area contributed by atoms with Crippen LogP contribution in [0.25, 0.3) is 22.3 Å². The molecule has 2 saturated heterocycles. The van der Waals surface area contributed by atoms with E-state index in [0.29, 0.717) is 22.6 Å². The van der Waals surface area contributed by atoms with Gasteiger partial charge in [-0.15, -0.1) is 0 Å². The van der Waals surface area contributed by atoms with Crippen molar-refractivity contribution < 1.29 is 18.7 Å². The first-order valence-electron chi connectivity index (χ1n) is 14.6. The Kier molecular flexibility index (Phi) is 8.22. The van der Waals surface area contributed by atoms with Crippen LogP contribution in [0.15, 0.2) is 78.9 Å². The lowest BCUT2D eigenvalue weighted by molar-refractivity contribution is 0.102. The molecular weight excluding hydrogens is 529 g/mol. The highest BCUT2D eigenvalue weighted by Gasteiger charge is 2.21. The minimum atomic E-state index is -0.267. The first kappa shape index (κ1) is 27.9. The Labute approximate surface area is 246 Å². The summed E-state index contributed by atoms with van der Waals surface area (Å²) in [6, 6.07) is 24.4. The van der Waals surface area contributed by atoms with Gasteiger partial charge in [0.05, 0.1) is 0 Å². The van der Waals surface area contributed by atoms with Crippen LogP contribution in [0, 0.1) is 19.7 Å². The van der Waals surface area contributed by atoms with Crippen LogP contribution < -0.4 is 25.4 Å². The third kappa shape index (κ3) is 6.17. The van der Waals surface area contributed by atoms with Crippen molar-refractivity contribution in [2.45, 2.75) is 38.9 Å². The molecular formula is C35H36FN3O3. The first-order chi connectivity index (χ1) is 20.4. The van der Waals surface area contributed by atoms with E-state index in [4.69, 9.17) is 9.47 Å². The van der Waals surface area contributed by atoms with Gasteiger partial charge in [-0.2, -0.15) is 0 Å². The monoisotopic (exact) mass is 565 g/mol. The van der Waals surface area contributed by atoms with Crippen LogP contribution in [0.2, 0.25) is 0 Å². The number of amides is 1. The van der Waals surface area contributed by atoms with Gasteiger partial charge in [0.15, 0.2) is 0 Å². The molecule has 4 aromatic rings. The maximum Gasteiger partial charge on any atom is 0.255 e. The summed E-state index contributed by atoms with van der Waals surface area (Å²) < 4.78 is 26.8. The number of rotatable bonds is 8. The van der Waals surface area contributed by atoms with Crippen molar-refractivity contribution in [3.05, 3.63) is 101 Å². The van der Waals surface area contributed by atoms with E-state index >= 15 is 0 Å². The van der Waals surface area contributed by atoms with Crippen LogP contribution >= 0.6 is 0 Å². The van der Waals surface area contributed by atoms with Gasteiger partial charge in [-0.1, -0.05) is 30.3 Å². The zero-order valence-corrected chi connectivity index (χ0v) is 24.0. The number of anilines is 1. The average molecular weight is 566 g/mol. The van der Waals surface area contributed by atoms with Gasteiger partial charge < -0.3 is 25.4 Å². The van der Waals surface area contributed by atoms with Gasteiger partial charge in [0.25, 0.3) is 5.91 Å². The van der Waals surface area contributed by atoms with Crippen LogP contribution in [-0.4, -0.2) is 44.3 Å². The molecule has 0 unspecified atom stereocenters. The van der Waals surface area contributed by atoms with Gasteiger partial charge in [0.2, 0.25) is 0 Å². The summed E-state index contributed by atoms with van der Waals surface area (Å²) in [4.78, 5) is 13.6. The molecule has 2 heterocycles. The van der Waals surface area contributed by atoms with Crippen LogP contribution in [0.3, 0.4) is 0 Å². The summed E-state index contributed by atoms with van der Waals surface area (Å²) in [5.41, 5.74) is 6.38. The SMILES string of the molecule is Cc1cc(-c2cc(C(=O)Nc3ccc(O[C@H]4CCNC4)c(-c4ccccc4C)c3)ccc2O[C@H]2CCNC2)ccc1F. The highest BCUT2D eigenvalue weighted by molar-refractivity contribution is 6.05. The van der Waals surface area contributed by atoms with Gasteiger partial charge in [-0.05, 0) is 111 Å². The van der Waals surface area contributed by atoms with Crippen molar-refractivity contribution in [3.63, 3.8) is 0 Å². The molecule has 1 amide bonds. The fourth-order valence-corrected chi connectivity index (χ4v) is 5.63. The number of nitrogens with one attached hydrogen (secondary N) is 3. The predicted octanol–water partition coefficient (Wildman–Crippen LogP) is 6.51. The number of ether oxygens (including phenoxy) is 2. The van der Waals surface area contributed by atoms with Crippen LogP contribution in [-0.2, 0) is 0 Å². The summed E-state index contributed by atoms with van der Waals surface area (Å²) in [7, 11) is 0. The van der Waals surface area contributed by atoms with E-state index in [1.807, 2.05) is 42.5 Å². The largest absolute Gasteiger partial charge is 0.488 e. The molecule has 2 aliphatic heterocycles. The van der Waals surface area contributed by atoms with Crippen molar-refractivity contribution in [2.24, 2.45) is 0 Å². The molecule has 2 fully saturated rings. The van der Waals surface area contributed by atoms with Crippen molar-refractivity contribution in [1.82, 2.24) is 10.6 Å². The number of carbonyl (C=O) groups excluding carboxylic acids is 1. The second-order valence-corrected chi connectivity index (χ2v) is 11.1. The summed E-state index contributed by atoms with van der Waals surface area (Å²) in [5.74, 6) is 0.966. The van der Waals surface area contributed by atoms with Crippen LogP contribution in [0.5, 0.6) is 11.5 Å². The third-order valence-electron chi connectivity index (χ3n) is 8.00. The van der Waals surface area contributed by atoms with Gasteiger partial charge in [0.1, 0.15) is 29.5 Å². The van der Waals surface area contributed by atoms with E-state index in [0.717, 1.165) is 72.6 Å². The second-order valence-electron chi connectivity index (χ2n) is 11.1. The maximum atomic E-state index is 14.1. The van der Waals surface area contributed by atoms with E-state index in [-0.39, 0.29) is 23.9 Å². The molecule has 216 valence electrons. The lowest BCUT2D eigenvalue weighted by Gasteiger charge is -2.19. The Bertz CT molecular complexity index is 1590. The van der Waals surface area contributed by atoms with E-state index in [1.54, 1.807) is 25.1 Å². The Morgan fingerprint density at radius 2 is 1.45 bits per heavy atom. The number of halogens is 1. The molecule has 3 N–H and O–H groups in total. The minimum absolute atomic E-state index is 0.0468. The lowest BCUT2D eigenvalue weighted by atomic mass is 9.98. The Morgan fingerprint density at radius 1 is 0.762 bits per heavy atom. The molecule has 0 aliphatic carbocycles. The van der Waals surface area contributed by atoms with E-state index in [1.165, 1.54) is 6.07 Å². The first-order valence-corrected chi connectivity index (χ1v) is 14.6. The number of carbonyl (C=O) groups is 1. The zero-order valence-electron chi connectivity index (χ0n) is 24.0. The van der Waals surface area contributed by atoms with E-state index < -0.39 is 0 Å². The molecule has 42 heavy (non-hydrogen) atoms. The highest BCUT2D eigenvalue weighted by Crippen LogP contribution is 2.37. The third-order valence-corrected chi connectivity index (χ3v) is 8.00. The standard InChI is InChI=1S/C35H36FN3O3/c1-22-5-3-4-6-29(22)31-19-26(9-12-34(31)42-28-14-16-38-21-28)39-35(40)25-8-11-33(41-27-13-15-37-20-27)30(18-25)24-7-10-32(36)23(2)17-24/h3-12,17-19,27-28,37-38H,13-16,20-21H2,1-2H3,(H,39,40)/t27-,28-/m0/s1. The Morgan fingerprint density at radius 3 is 2.12 bits per heavy atom. The molecule has 4 aromatic carbocycles. The summed E-state index contributed by atoms with van der Waals surface area (Å²) >= 11 is 0. The number of aryl methyl sites for hydroxylation is 2. The second kappa shape index (κ2) is 12.3. The van der Waals surface area contributed by atoms with Gasteiger partial charge >= 0.3 is 0 Å². The van der Waals surface area contributed by atoms with Crippen molar-refractivity contribution in [3.8, 4) is 33.8 Å². The minimum Gasteiger partial charge on any atom is -0.488 e. The molecule has 6 nitrogen and oxygen atoms in total. The molecule has 0 bridgehead atoms. The summed E-state index contributed by atoms with van der Waals surface area (Å²) in [6.45, 7) is 7.25. The van der Waals surface area contributed by atoms with Crippen LogP contribution in [0.4, 0.5) is 10.1 Å². The Hall–Kier alpha value is -4.20. The van der Waals surface area contributed by atoms with Crippen molar-refractivity contribution in [1.29, 1.82) is 0 Å². The Balaban J connectivity index is 1.31. The molecule has 7 heteroatoms. The number of hydrogen-bond acceptors (Lipinski definition) is 5. The molecule has 2 aliphatic rings. The number of benzene rings is 4. The highest BCUT2D eigenvalue weighted by atomic mass is 19.1. The quantitative estimate of drug-likeness (QED) is 0.227. The molecule has 6 rings (SSSR count). The molecule has 2 atom stereocenters. The number of hydrogen-bond donors (Lipinski definition) is 3. The van der Waals surface area contributed by atoms with E-state index in [2.05, 4.69) is 35.0 Å². The van der Waals surface area contributed by atoms with Gasteiger partial charge in [-0.25, -0.2) is 4.39 Å². The van der Waals surface area contributed by atoms with Gasteiger partial charge in [-0.3, -0.25) is 4.79 Å².